The van der Waals surface area contributed by atoms with Gasteiger partial charge in [-0.1, -0.05) is 45.0 Å². The Morgan fingerprint density at radius 1 is 1.02 bits per heavy atom. The highest BCUT2D eigenvalue weighted by Gasteiger charge is 2.44. The van der Waals surface area contributed by atoms with Gasteiger partial charge in [-0.15, -0.1) is 11.3 Å². The summed E-state index contributed by atoms with van der Waals surface area (Å²) in [4.78, 5) is 62.0. The molecular weight excluding hydrogens is 584 g/mol. The number of benzene rings is 1. The number of aliphatic hydroxyl groups excluding tert-OH is 1. The second kappa shape index (κ2) is 14.1. The summed E-state index contributed by atoms with van der Waals surface area (Å²) in [7, 11) is 0. The Balaban J connectivity index is 1.38. The summed E-state index contributed by atoms with van der Waals surface area (Å²) in [6, 6.07) is 5.81. The van der Waals surface area contributed by atoms with E-state index in [4.69, 9.17) is 5.11 Å². The van der Waals surface area contributed by atoms with E-state index >= 15 is 0 Å². The topological polar surface area (TPSA) is 155 Å². The minimum atomic E-state index is -0.913. The zero-order chi connectivity index (χ0) is 32.2. The number of β-amino-alcohol motifs (C(OH)–C–C–N with tert-alkyl or cyclic N) is 1. The fourth-order valence-electron chi connectivity index (χ4n) is 5.72. The van der Waals surface area contributed by atoms with Gasteiger partial charge in [0.25, 0.3) is 0 Å². The van der Waals surface area contributed by atoms with E-state index in [0.717, 1.165) is 21.7 Å². The molecule has 3 heterocycles. The van der Waals surface area contributed by atoms with Crippen molar-refractivity contribution in [3.63, 3.8) is 0 Å². The van der Waals surface area contributed by atoms with Crippen molar-refractivity contribution in [2.45, 2.75) is 65.3 Å². The van der Waals surface area contributed by atoms with Gasteiger partial charge in [-0.25, -0.2) is 4.98 Å². The second-order valence-electron chi connectivity index (χ2n) is 12.8. The maximum absolute atomic E-state index is 13.9. The highest BCUT2D eigenvalue weighted by Crippen LogP contribution is 2.29. The van der Waals surface area contributed by atoms with Crippen molar-refractivity contribution in [3.05, 3.63) is 41.0 Å². The van der Waals surface area contributed by atoms with Gasteiger partial charge >= 0.3 is 5.97 Å². The first kappa shape index (κ1) is 33.5. The van der Waals surface area contributed by atoms with Gasteiger partial charge in [0.15, 0.2) is 0 Å². The van der Waals surface area contributed by atoms with E-state index in [1.165, 1.54) is 4.90 Å². The zero-order valence-electron chi connectivity index (χ0n) is 26.1. The molecule has 3 amide bonds. The summed E-state index contributed by atoms with van der Waals surface area (Å²) in [5, 5.41) is 25.4. The standard InChI is InChI=1S/C31H44N6O6S/c1-19(21-6-8-22(9-7-21)27-20(2)32-18-44-27)33-29(42)24-14-23(38)15-37(24)30(43)28(31(3,4)5)34-25(39)16-35-10-12-36(13-11-35)17-26(40)41/h6-9,18-19,23-24,28,38H,10-17H2,1-5H3,(H,33,42)(H,34,39)(H,40,41)/t19-,23+,24?,28+/m0/s1. The third kappa shape index (κ3) is 8.40. The number of nitrogens with zero attached hydrogens (tertiary/aromatic N) is 4. The molecule has 4 N–H and O–H groups in total. The molecule has 0 aliphatic carbocycles. The highest BCUT2D eigenvalue weighted by atomic mass is 32.1. The largest absolute Gasteiger partial charge is 0.480 e. The average Bonchev–Trinajstić information content (AvgIpc) is 3.57. The van der Waals surface area contributed by atoms with Crippen LogP contribution in [0.15, 0.2) is 29.8 Å². The number of aromatic nitrogens is 1. The molecule has 0 spiro atoms. The Morgan fingerprint density at radius 3 is 2.18 bits per heavy atom. The number of nitrogens with one attached hydrogen (secondary N) is 2. The highest BCUT2D eigenvalue weighted by molar-refractivity contribution is 7.13. The van der Waals surface area contributed by atoms with Crippen molar-refractivity contribution in [1.82, 2.24) is 30.3 Å². The Kier molecular flexibility index (Phi) is 10.8. The Bertz CT molecular complexity index is 1330. The van der Waals surface area contributed by atoms with Crippen LogP contribution in [0.1, 0.15) is 51.4 Å². The number of thiazole rings is 1. The van der Waals surface area contributed by atoms with E-state index in [9.17, 15) is 24.3 Å². The maximum atomic E-state index is 13.9. The number of hydrogen-bond donors (Lipinski definition) is 4. The number of carbonyl (C=O) groups excluding carboxylic acids is 3. The van der Waals surface area contributed by atoms with Crippen LogP contribution in [0.5, 0.6) is 0 Å². The maximum Gasteiger partial charge on any atom is 0.317 e. The molecule has 240 valence electrons. The average molecular weight is 629 g/mol. The van der Waals surface area contributed by atoms with E-state index < -0.39 is 35.5 Å². The van der Waals surface area contributed by atoms with Gasteiger partial charge < -0.3 is 25.7 Å². The normalized spacial score (nSPS) is 21.1. The molecule has 0 radical (unpaired) electrons. The molecule has 2 aliphatic rings. The van der Waals surface area contributed by atoms with E-state index in [-0.39, 0.29) is 43.9 Å². The molecule has 2 aliphatic heterocycles. The van der Waals surface area contributed by atoms with Gasteiger partial charge in [0, 0.05) is 39.1 Å². The number of amides is 3. The third-order valence-electron chi connectivity index (χ3n) is 8.25. The van der Waals surface area contributed by atoms with E-state index in [1.807, 2.05) is 74.2 Å². The molecule has 1 aromatic heterocycles. The first-order valence-electron chi connectivity index (χ1n) is 15.0. The summed E-state index contributed by atoms with van der Waals surface area (Å²) < 4.78 is 0. The summed E-state index contributed by atoms with van der Waals surface area (Å²) >= 11 is 1.57. The number of aryl methyl sites for hydroxylation is 1. The van der Waals surface area contributed by atoms with E-state index in [0.29, 0.717) is 26.2 Å². The van der Waals surface area contributed by atoms with Gasteiger partial charge in [-0.3, -0.25) is 29.0 Å². The van der Waals surface area contributed by atoms with Gasteiger partial charge in [-0.05, 0) is 30.4 Å². The van der Waals surface area contributed by atoms with Crippen LogP contribution in [0.2, 0.25) is 0 Å². The number of aliphatic hydroxyl groups is 1. The zero-order valence-corrected chi connectivity index (χ0v) is 26.9. The number of piperazine rings is 1. The quantitative estimate of drug-likeness (QED) is 0.306. The van der Waals surface area contributed by atoms with Gasteiger partial charge in [0.1, 0.15) is 12.1 Å². The molecule has 4 rings (SSSR count). The van der Waals surface area contributed by atoms with Gasteiger partial charge in [0.05, 0.1) is 41.3 Å². The van der Waals surface area contributed by atoms with Gasteiger partial charge in [0.2, 0.25) is 17.7 Å². The Morgan fingerprint density at radius 2 is 1.64 bits per heavy atom. The molecule has 2 saturated heterocycles. The molecule has 2 fully saturated rings. The predicted octanol–water partition coefficient (Wildman–Crippen LogP) is 1.49. The van der Waals surface area contributed by atoms with Crippen molar-refractivity contribution >= 4 is 35.0 Å². The lowest BCUT2D eigenvalue weighted by Gasteiger charge is -2.37. The fraction of sp³-hybridized carbons (Fsp3) is 0.581. The van der Waals surface area contributed by atoms with Crippen LogP contribution in [0.25, 0.3) is 10.4 Å². The molecule has 44 heavy (non-hydrogen) atoms. The second-order valence-corrected chi connectivity index (χ2v) is 13.7. The van der Waals surface area contributed by atoms with Crippen LogP contribution in [0.3, 0.4) is 0 Å². The number of rotatable bonds is 10. The molecule has 2 aromatic rings. The predicted molar refractivity (Wildman–Crippen MR) is 167 cm³/mol. The monoisotopic (exact) mass is 628 g/mol. The molecule has 0 bridgehead atoms. The van der Waals surface area contributed by atoms with Crippen LogP contribution >= 0.6 is 11.3 Å². The summed E-state index contributed by atoms with van der Waals surface area (Å²) in [5.41, 5.74) is 4.08. The van der Waals surface area contributed by atoms with Crippen LogP contribution in [-0.4, -0.2) is 118 Å². The van der Waals surface area contributed by atoms with E-state index in [2.05, 4.69) is 15.6 Å². The molecule has 0 saturated carbocycles. The van der Waals surface area contributed by atoms with Crippen LogP contribution < -0.4 is 10.6 Å². The van der Waals surface area contributed by atoms with Crippen LogP contribution in [-0.2, 0) is 19.2 Å². The molecule has 1 unspecified atom stereocenters. The van der Waals surface area contributed by atoms with Crippen molar-refractivity contribution in [2.24, 2.45) is 5.41 Å². The fourth-order valence-corrected chi connectivity index (χ4v) is 6.53. The van der Waals surface area contributed by atoms with Gasteiger partial charge in [-0.2, -0.15) is 0 Å². The van der Waals surface area contributed by atoms with Crippen molar-refractivity contribution in [1.29, 1.82) is 0 Å². The Labute approximate surface area is 262 Å². The third-order valence-corrected chi connectivity index (χ3v) is 9.23. The molecular formula is C31H44N6O6S. The summed E-state index contributed by atoms with van der Waals surface area (Å²) in [6.07, 6.45) is -0.746. The van der Waals surface area contributed by atoms with Crippen molar-refractivity contribution in [3.8, 4) is 10.4 Å². The molecule has 12 nitrogen and oxygen atoms in total. The van der Waals surface area contributed by atoms with E-state index in [1.54, 1.807) is 11.3 Å². The van der Waals surface area contributed by atoms with Crippen molar-refractivity contribution < 1.29 is 29.4 Å². The minimum Gasteiger partial charge on any atom is -0.480 e. The first-order valence-corrected chi connectivity index (χ1v) is 15.9. The smallest absolute Gasteiger partial charge is 0.317 e. The minimum absolute atomic E-state index is 0.00217. The lowest BCUT2D eigenvalue weighted by Crippen LogP contribution is -2.59. The molecule has 4 atom stereocenters. The van der Waals surface area contributed by atoms with Crippen molar-refractivity contribution in [2.75, 3.05) is 45.8 Å². The Hall–Kier alpha value is -3.39. The number of aliphatic carboxylic acids is 1. The summed E-state index contributed by atoms with van der Waals surface area (Å²) in [5.74, 6) is -1.97. The first-order chi connectivity index (χ1) is 20.7. The number of carbonyl (C=O) groups is 4. The number of carboxylic acid groups (broad SMARTS) is 1. The number of hydrogen-bond acceptors (Lipinski definition) is 9. The molecule has 1 aromatic carbocycles. The number of likely N-dealkylation sites (tertiary alicyclic amines) is 1. The van der Waals surface area contributed by atoms with Crippen LogP contribution in [0, 0.1) is 12.3 Å². The molecule has 13 heteroatoms. The lowest BCUT2D eigenvalue weighted by molar-refractivity contribution is -0.144. The SMILES string of the molecule is Cc1ncsc1-c1ccc([C@H](C)NC(=O)C2C[C@@H](O)CN2C(=O)[C@@H](NC(=O)CN2CCN(CC(=O)O)CC2)C(C)(C)C)cc1. The lowest BCUT2D eigenvalue weighted by atomic mass is 9.85. The number of carboxylic acids is 1. The summed E-state index contributed by atoms with van der Waals surface area (Å²) in [6.45, 7) is 11.6. The van der Waals surface area contributed by atoms with Crippen LogP contribution in [0.4, 0.5) is 0 Å².